The molecule has 2 heterocycles. The minimum absolute atomic E-state index is 0.152. The molecule has 1 aliphatic rings. The standard InChI is InChI=1S/C29H34N4O2/c1-18-9-19(2)12-23(11-18)25-16-31-17-26(32-29(35)24-13-20(3)10-21(4)14-24)28(25)33-7-5-22(6-8-33)15-27(30)34/h9-14,16-17,22H,5-8,15H2,1-4H3,(H2,30,34)(H,32,35). The van der Waals surface area contributed by atoms with Crippen molar-refractivity contribution in [3.8, 4) is 11.1 Å². The van der Waals surface area contributed by atoms with Crippen molar-refractivity contribution in [1.82, 2.24) is 4.98 Å². The molecular formula is C29H34N4O2. The lowest BCUT2D eigenvalue weighted by atomic mass is 9.92. The number of carbonyl (C=O) groups is 2. The number of nitrogens with one attached hydrogen (secondary N) is 1. The van der Waals surface area contributed by atoms with Crippen LogP contribution in [-0.4, -0.2) is 29.9 Å². The minimum Gasteiger partial charge on any atom is -0.370 e. The van der Waals surface area contributed by atoms with Crippen LogP contribution in [0, 0.1) is 33.6 Å². The molecule has 1 saturated heterocycles. The number of carbonyl (C=O) groups excluding carboxylic acids is 2. The molecule has 0 aliphatic carbocycles. The van der Waals surface area contributed by atoms with Gasteiger partial charge in [0.15, 0.2) is 0 Å². The molecule has 182 valence electrons. The van der Waals surface area contributed by atoms with E-state index in [1.807, 2.05) is 32.2 Å². The van der Waals surface area contributed by atoms with Crippen LogP contribution in [0.4, 0.5) is 11.4 Å². The predicted octanol–water partition coefficient (Wildman–Crippen LogP) is 5.33. The summed E-state index contributed by atoms with van der Waals surface area (Å²) in [5.74, 6) is -0.103. The molecule has 0 saturated carbocycles. The van der Waals surface area contributed by atoms with Crippen molar-refractivity contribution in [2.24, 2.45) is 11.7 Å². The number of amides is 2. The second kappa shape index (κ2) is 10.3. The van der Waals surface area contributed by atoms with Gasteiger partial charge in [-0.3, -0.25) is 14.6 Å². The zero-order valence-electron chi connectivity index (χ0n) is 21.0. The summed E-state index contributed by atoms with van der Waals surface area (Å²) in [5.41, 5.74) is 14.3. The average molecular weight is 471 g/mol. The van der Waals surface area contributed by atoms with Gasteiger partial charge in [-0.05, 0) is 64.2 Å². The molecule has 1 aliphatic heterocycles. The Morgan fingerprint density at radius 1 is 0.914 bits per heavy atom. The Morgan fingerprint density at radius 3 is 2.06 bits per heavy atom. The highest BCUT2D eigenvalue weighted by Crippen LogP contribution is 2.39. The summed E-state index contributed by atoms with van der Waals surface area (Å²) < 4.78 is 0. The summed E-state index contributed by atoms with van der Waals surface area (Å²) in [4.78, 5) is 31.5. The van der Waals surface area contributed by atoms with E-state index in [2.05, 4.69) is 53.3 Å². The Morgan fingerprint density at radius 2 is 1.49 bits per heavy atom. The fourth-order valence-corrected chi connectivity index (χ4v) is 5.17. The molecule has 35 heavy (non-hydrogen) atoms. The number of nitrogens with two attached hydrogens (primary N) is 1. The van der Waals surface area contributed by atoms with Gasteiger partial charge in [-0.25, -0.2) is 0 Å². The highest BCUT2D eigenvalue weighted by molar-refractivity contribution is 6.07. The van der Waals surface area contributed by atoms with E-state index >= 15 is 0 Å². The van der Waals surface area contributed by atoms with Gasteiger partial charge in [-0.1, -0.05) is 46.5 Å². The Hall–Kier alpha value is -3.67. The molecule has 0 radical (unpaired) electrons. The third kappa shape index (κ3) is 5.88. The molecule has 3 aromatic rings. The monoisotopic (exact) mass is 470 g/mol. The summed E-state index contributed by atoms with van der Waals surface area (Å²) in [7, 11) is 0. The number of benzene rings is 2. The van der Waals surface area contributed by atoms with Crippen LogP contribution in [0.2, 0.25) is 0 Å². The van der Waals surface area contributed by atoms with Crippen molar-refractivity contribution in [3.63, 3.8) is 0 Å². The summed E-state index contributed by atoms with van der Waals surface area (Å²) in [6, 6.07) is 12.3. The van der Waals surface area contributed by atoms with Gasteiger partial charge in [0.05, 0.1) is 17.6 Å². The van der Waals surface area contributed by atoms with Gasteiger partial charge in [0, 0.05) is 36.8 Å². The second-order valence-corrected chi connectivity index (χ2v) is 9.89. The molecule has 2 amide bonds. The summed E-state index contributed by atoms with van der Waals surface area (Å²) in [5, 5.41) is 3.14. The highest BCUT2D eigenvalue weighted by atomic mass is 16.2. The van der Waals surface area contributed by atoms with E-state index in [0.29, 0.717) is 23.6 Å². The van der Waals surface area contributed by atoms with E-state index in [1.165, 1.54) is 11.1 Å². The van der Waals surface area contributed by atoms with E-state index in [4.69, 9.17) is 5.73 Å². The quantitative estimate of drug-likeness (QED) is 0.510. The van der Waals surface area contributed by atoms with Crippen molar-refractivity contribution < 1.29 is 9.59 Å². The maximum absolute atomic E-state index is 13.3. The highest BCUT2D eigenvalue weighted by Gasteiger charge is 2.26. The number of piperidine rings is 1. The first-order valence-corrected chi connectivity index (χ1v) is 12.2. The van der Waals surface area contributed by atoms with Crippen molar-refractivity contribution in [2.45, 2.75) is 47.0 Å². The first-order valence-electron chi connectivity index (χ1n) is 12.2. The first-order chi connectivity index (χ1) is 16.7. The Labute approximate surface area is 207 Å². The number of nitrogens with zero attached hydrogens (tertiary/aromatic N) is 2. The fraction of sp³-hybridized carbons (Fsp3) is 0.345. The molecule has 1 fully saturated rings. The van der Waals surface area contributed by atoms with E-state index in [9.17, 15) is 9.59 Å². The summed E-state index contributed by atoms with van der Waals surface area (Å²) >= 11 is 0. The van der Waals surface area contributed by atoms with Gasteiger partial charge < -0.3 is 16.0 Å². The van der Waals surface area contributed by atoms with Crippen molar-refractivity contribution in [3.05, 3.63) is 76.6 Å². The number of pyridine rings is 1. The molecule has 0 unspecified atom stereocenters. The molecule has 0 atom stereocenters. The third-order valence-corrected chi connectivity index (χ3v) is 6.60. The van der Waals surface area contributed by atoms with Crippen molar-refractivity contribution in [1.29, 1.82) is 0 Å². The summed E-state index contributed by atoms with van der Waals surface area (Å²) in [6.45, 7) is 9.73. The van der Waals surface area contributed by atoms with Crippen LogP contribution in [0.1, 0.15) is 51.9 Å². The predicted molar refractivity (Wildman–Crippen MR) is 142 cm³/mol. The van der Waals surface area contributed by atoms with Crippen LogP contribution in [0.25, 0.3) is 11.1 Å². The van der Waals surface area contributed by atoms with Gasteiger partial charge in [0.2, 0.25) is 5.91 Å². The Kier molecular flexibility index (Phi) is 7.20. The number of aromatic nitrogens is 1. The molecule has 0 bridgehead atoms. The van der Waals surface area contributed by atoms with E-state index in [0.717, 1.165) is 53.9 Å². The van der Waals surface area contributed by atoms with Gasteiger partial charge in [0.1, 0.15) is 0 Å². The number of aryl methyl sites for hydroxylation is 4. The molecule has 6 nitrogen and oxygen atoms in total. The normalized spacial score (nSPS) is 14.1. The first kappa shape index (κ1) is 24.5. The largest absolute Gasteiger partial charge is 0.370 e. The smallest absolute Gasteiger partial charge is 0.255 e. The van der Waals surface area contributed by atoms with Crippen LogP contribution in [0.15, 0.2) is 48.8 Å². The van der Waals surface area contributed by atoms with Gasteiger partial charge in [-0.2, -0.15) is 0 Å². The van der Waals surface area contributed by atoms with Crippen LogP contribution in [-0.2, 0) is 4.79 Å². The Balaban J connectivity index is 1.73. The molecule has 4 rings (SSSR count). The maximum atomic E-state index is 13.3. The average Bonchev–Trinajstić information content (AvgIpc) is 2.78. The van der Waals surface area contributed by atoms with E-state index in [1.54, 1.807) is 6.20 Å². The van der Waals surface area contributed by atoms with Crippen LogP contribution in [0.5, 0.6) is 0 Å². The van der Waals surface area contributed by atoms with Crippen LogP contribution >= 0.6 is 0 Å². The molecule has 0 spiro atoms. The van der Waals surface area contributed by atoms with Gasteiger partial charge in [-0.15, -0.1) is 0 Å². The summed E-state index contributed by atoms with van der Waals surface area (Å²) in [6.07, 6.45) is 5.79. The third-order valence-electron chi connectivity index (χ3n) is 6.60. The zero-order chi connectivity index (χ0) is 25.1. The fourth-order valence-electron chi connectivity index (χ4n) is 5.17. The number of primary amides is 1. The van der Waals surface area contributed by atoms with E-state index in [-0.39, 0.29) is 11.8 Å². The lowest BCUT2D eigenvalue weighted by Crippen LogP contribution is -2.36. The molecule has 2 aromatic carbocycles. The van der Waals surface area contributed by atoms with Gasteiger partial charge >= 0.3 is 0 Å². The van der Waals surface area contributed by atoms with E-state index < -0.39 is 0 Å². The van der Waals surface area contributed by atoms with Crippen LogP contribution < -0.4 is 16.0 Å². The van der Waals surface area contributed by atoms with Crippen molar-refractivity contribution >= 4 is 23.2 Å². The molecule has 3 N–H and O–H groups in total. The number of anilines is 2. The topological polar surface area (TPSA) is 88.3 Å². The Bertz CT molecular complexity index is 1220. The molecular weight excluding hydrogens is 436 g/mol. The van der Waals surface area contributed by atoms with Crippen molar-refractivity contribution in [2.75, 3.05) is 23.3 Å². The van der Waals surface area contributed by atoms with Gasteiger partial charge in [0.25, 0.3) is 5.91 Å². The second-order valence-electron chi connectivity index (χ2n) is 9.89. The zero-order valence-corrected chi connectivity index (χ0v) is 21.0. The minimum atomic E-state index is -0.246. The number of hydrogen-bond donors (Lipinski definition) is 2. The lowest BCUT2D eigenvalue weighted by Gasteiger charge is -2.35. The SMILES string of the molecule is Cc1cc(C)cc(C(=O)Nc2cncc(-c3cc(C)cc(C)c3)c2N2CCC(CC(N)=O)CC2)c1. The lowest BCUT2D eigenvalue weighted by molar-refractivity contribution is -0.119. The number of hydrogen-bond acceptors (Lipinski definition) is 4. The maximum Gasteiger partial charge on any atom is 0.255 e. The molecule has 1 aromatic heterocycles. The number of rotatable bonds is 6. The van der Waals surface area contributed by atoms with Crippen LogP contribution in [0.3, 0.4) is 0 Å². The molecule has 6 heteroatoms.